The number of rotatable bonds is 14. The average molecular weight is 713 g/mol. The van der Waals surface area contributed by atoms with Gasteiger partial charge in [-0.15, -0.1) is 0 Å². The van der Waals surface area contributed by atoms with Crippen LogP contribution in [0.4, 0.5) is 28.8 Å². The normalized spacial score (nSPS) is 23.8. The highest BCUT2D eigenvalue weighted by Crippen LogP contribution is 2.57. The molecule has 51 heavy (non-hydrogen) atoms. The van der Waals surface area contributed by atoms with Crippen LogP contribution in [0.3, 0.4) is 0 Å². The maximum absolute atomic E-state index is 12.9. The molecule has 4 N–H and O–H groups in total. The SMILES string of the molecule is C=CC(=O)Nc1cccc(CNc2nc(Nc3ccc(N4CCN(CCNC(=O)CC5C6CC7CC(C6)CC5C7)CC4)cc3OC)ncc2Cl)c1. The molecule has 1 aliphatic heterocycles. The number of piperazine rings is 1. The lowest BCUT2D eigenvalue weighted by molar-refractivity contribution is -0.126. The summed E-state index contributed by atoms with van der Waals surface area (Å²) in [5, 5.41) is 12.9. The standard InChI is InChI=1S/C39H49ClN8O3/c1-3-36(49)44-30-6-4-5-25(20-30)23-42-38-33(40)24-43-39(46-38)45-34-8-7-31(21-35(34)51-2)48-13-11-47(12-14-48)10-9-41-37(50)22-32-28-16-26-15-27(18-28)19-29(32)17-26/h3-8,20-21,24,26-29,32H,1,9-19,22-23H2,2H3,(H,41,50)(H,44,49)(H2,42,43,45,46). The van der Waals surface area contributed by atoms with E-state index in [0.29, 0.717) is 47.2 Å². The molecular formula is C39H49ClN8O3. The summed E-state index contributed by atoms with van der Waals surface area (Å²) >= 11 is 6.42. The Hall–Kier alpha value is -4.35. The van der Waals surface area contributed by atoms with Gasteiger partial charge in [-0.3, -0.25) is 14.5 Å². The minimum absolute atomic E-state index is 0.251. The third-order valence-electron chi connectivity index (χ3n) is 11.3. The highest BCUT2D eigenvalue weighted by atomic mass is 35.5. The topological polar surface area (TPSA) is 124 Å². The average Bonchev–Trinajstić information content (AvgIpc) is 3.13. The van der Waals surface area contributed by atoms with Crippen molar-refractivity contribution in [3.63, 3.8) is 0 Å². The quantitative estimate of drug-likeness (QED) is 0.142. The molecule has 1 saturated heterocycles. The first-order valence-electron chi connectivity index (χ1n) is 18.3. The van der Waals surface area contributed by atoms with Gasteiger partial charge in [0.1, 0.15) is 10.8 Å². The van der Waals surface area contributed by atoms with Crippen molar-refractivity contribution in [2.24, 2.45) is 29.6 Å². The molecule has 4 bridgehead atoms. The Balaban J connectivity index is 0.872. The van der Waals surface area contributed by atoms with Crippen LogP contribution < -0.4 is 30.9 Å². The number of amides is 2. The summed E-state index contributed by atoms with van der Waals surface area (Å²) in [6, 6.07) is 13.6. The number of carbonyl (C=O) groups is 2. The fraction of sp³-hybridized carbons (Fsp3) is 0.487. The zero-order valence-corrected chi connectivity index (χ0v) is 30.1. The molecule has 11 nitrogen and oxygen atoms in total. The Kier molecular flexibility index (Phi) is 10.9. The number of benzene rings is 2. The fourth-order valence-electron chi connectivity index (χ4n) is 9.03. The lowest BCUT2D eigenvalue weighted by Crippen LogP contribution is -2.49. The van der Waals surface area contributed by atoms with Crippen LogP contribution in [0, 0.1) is 29.6 Å². The molecule has 1 aromatic heterocycles. The zero-order chi connectivity index (χ0) is 35.3. The van der Waals surface area contributed by atoms with E-state index in [-0.39, 0.29) is 11.8 Å². The van der Waals surface area contributed by atoms with E-state index in [0.717, 1.165) is 79.8 Å². The van der Waals surface area contributed by atoms with Gasteiger partial charge in [-0.25, -0.2) is 4.98 Å². The Morgan fingerprint density at radius 1 is 1.02 bits per heavy atom. The van der Waals surface area contributed by atoms with Crippen molar-refractivity contribution < 1.29 is 14.3 Å². The maximum Gasteiger partial charge on any atom is 0.247 e. The van der Waals surface area contributed by atoms with Crippen molar-refractivity contribution in [3.8, 4) is 5.75 Å². The largest absolute Gasteiger partial charge is 0.494 e. The lowest BCUT2D eigenvalue weighted by atomic mass is 9.51. The van der Waals surface area contributed by atoms with E-state index in [1.165, 1.54) is 38.2 Å². The van der Waals surface area contributed by atoms with Crippen LogP contribution in [-0.2, 0) is 16.1 Å². The smallest absolute Gasteiger partial charge is 0.247 e. The van der Waals surface area contributed by atoms with E-state index in [1.807, 2.05) is 36.4 Å². The molecule has 0 atom stereocenters. The van der Waals surface area contributed by atoms with Crippen LogP contribution in [0.2, 0.25) is 5.02 Å². The first kappa shape index (κ1) is 35.1. The van der Waals surface area contributed by atoms with Crippen LogP contribution in [0.5, 0.6) is 5.75 Å². The highest BCUT2D eigenvalue weighted by Gasteiger charge is 2.48. The molecule has 2 amide bonds. The Morgan fingerprint density at radius 2 is 1.78 bits per heavy atom. The van der Waals surface area contributed by atoms with E-state index in [2.05, 4.69) is 53.7 Å². The first-order valence-corrected chi connectivity index (χ1v) is 18.7. The van der Waals surface area contributed by atoms with Gasteiger partial charge in [-0.1, -0.05) is 30.3 Å². The molecule has 270 valence electrons. The minimum Gasteiger partial charge on any atom is -0.494 e. The van der Waals surface area contributed by atoms with Crippen LogP contribution in [-0.4, -0.2) is 73.1 Å². The van der Waals surface area contributed by atoms with Gasteiger partial charge in [0, 0.05) is 69.7 Å². The van der Waals surface area contributed by atoms with Gasteiger partial charge >= 0.3 is 0 Å². The predicted octanol–water partition coefficient (Wildman–Crippen LogP) is 6.32. The van der Waals surface area contributed by atoms with Crippen molar-refractivity contribution in [3.05, 3.63) is 71.9 Å². The van der Waals surface area contributed by atoms with E-state index < -0.39 is 0 Å². The summed E-state index contributed by atoms with van der Waals surface area (Å²) in [5.74, 6) is 5.63. The number of hydrogen-bond acceptors (Lipinski definition) is 9. The Labute approximate surface area is 305 Å². The Bertz CT molecular complexity index is 1700. The van der Waals surface area contributed by atoms with E-state index in [1.54, 1.807) is 13.3 Å². The molecular weight excluding hydrogens is 664 g/mol. The number of nitrogens with zero attached hydrogens (tertiary/aromatic N) is 4. The second-order valence-corrected chi connectivity index (χ2v) is 15.0. The summed E-state index contributed by atoms with van der Waals surface area (Å²) < 4.78 is 5.76. The van der Waals surface area contributed by atoms with Gasteiger partial charge in [0.05, 0.1) is 19.0 Å². The number of anilines is 5. The highest BCUT2D eigenvalue weighted by molar-refractivity contribution is 6.32. The monoisotopic (exact) mass is 712 g/mol. The zero-order valence-electron chi connectivity index (χ0n) is 29.4. The van der Waals surface area contributed by atoms with Crippen LogP contribution in [0.15, 0.2) is 61.3 Å². The number of nitrogens with one attached hydrogen (secondary N) is 4. The third-order valence-corrected chi connectivity index (χ3v) is 11.6. The molecule has 4 aliphatic carbocycles. The van der Waals surface area contributed by atoms with Crippen LogP contribution in [0.1, 0.15) is 44.1 Å². The molecule has 8 rings (SSSR count). The molecule has 0 radical (unpaired) electrons. The Morgan fingerprint density at radius 3 is 2.51 bits per heavy atom. The molecule has 12 heteroatoms. The lowest BCUT2D eigenvalue weighted by Gasteiger charge is -2.54. The second-order valence-electron chi connectivity index (χ2n) is 14.6. The summed E-state index contributed by atoms with van der Waals surface area (Å²) in [6.45, 7) is 9.21. The molecule has 4 saturated carbocycles. The number of carbonyl (C=O) groups excluding carboxylic acids is 2. The second kappa shape index (κ2) is 15.9. The molecule has 5 fully saturated rings. The van der Waals surface area contributed by atoms with Crippen molar-refractivity contribution in [2.75, 3.05) is 67.2 Å². The number of methoxy groups -OCH3 is 1. The van der Waals surface area contributed by atoms with E-state index in [4.69, 9.17) is 16.3 Å². The number of aromatic nitrogens is 2. The molecule has 3 aromatic rings. The fourth-order valence-corrected chi connectivity index (χ4v) is 9.19. The van der Waals surface area contributed by atoms with E-state index in [9.17, 15) is 9.59 Å². The molecule has 5 aliphatic rings. The summed E-state index contributed by atoms with van der Waals surface area (Å²) in [6.07, 6.45) is 10.4. The van der Waals surface area contributed by atoms with Gasteiger partial charge in [-0.2, -0.15) is 4.98 Å². The molecule has 0 spiro atoms. The summed E-state index contributed by atoms with van der Waals surface area (Å²) in [7, 11) is 1.65. The van der Waals surface area contributed by atoms with Gasteiger partial charge < -0.3 is 30.9 Å². The van der Waals surface area contributed by atoms with Crippen LogP contribution >= 0.6 is 11.6 Å². The maximum atomic E-state index is 12.9. The van der Waals surface area contributed by atoms with Crippen molar-refractivity contribution in [1.82, 2.24) is 20.2 Å². The van der Waals surface area contributed by atoms with E-state index >= 15 is 0 Å². The number of ether oxygens (including phenoxy) is 1. The van der Waals surface area contributed by atoms with Gasteiger partial charge in [-0.05, 0) is 97.6 Å². The molecule has 0 unspecified atom stereocenters. The van der Waals surface area contributed by atoms with Crippen molar-refractivity contribution in [1.29, 1.82) is 0 Å². The van der Waals surface area contributed by atoms with Gasteiger partial charge in [0.15, 0.2) is 5.82 Å². The van der Waals surface area contributed by atoms with Crippen LogP contribution in [0.25, 0.3) is 0 Å². The third kappa shape index (κ3) is 8.59. The van der Waals surface area contributed by atoms with Crippen molar-refractivity contribution >= 4 is 52.2 Å². The van der Waals surface area contributed by atoms with Crippen molar-refractivity contribution in [2.45, 2.75) is 45.1 Å². The minimum atomic E-state index is -0.268. The number of halogens is 1. The van der Waals surface area contributed by atoms with Gasteiger partial charge in [0.2, 0.25) is 17.8 Å². The summed E-state index contributed by atoms with van der Waals surface area (Å²) in [4.78, 5) is 38.3. The number of hydrogen-bond donors (Lipinski definition) is 4. The van der Waals surface area contributed by atoms with Gasteiger partial charge in [0.25, 0.3) is 0 Å². The first-order chi connectivity index (χ1) is 24.8. The predicted molar refractivity (Wildman–Crippen MR) is 203 cm³/mol. The molecule has 2 aromatic carbocycles. The molecule has 2 heterocycles. The summed E-state index contributed by atoms with van der Waals surface area (Å²) in [5.41, 5.74) is 3.44.